The van der Waals surface area contributed by atoms with Crippen molar-refractivity contribution in [2.75, 3.05) is 23.7 Å². The minimum atomic E-state index is -3.73. The third-order valence-electron chi connectivity index (χ3n) is 5.21. The monoisotopic (exact) mass is 537 g/mol. The molecular weight excluding hydrogens is 506 g/mol. The zero-order valence-electron chi connectivity index (χ0n) is 19.5. The molecule has 1 atom stereocenters. The first-order valence-electron chi connectivity index (χ1n) is 10.9. The number of sulfonamides is 1. The number of carbonyl (C=O) groups is 2. The lowest BCUT2D eigenvalue weighted by molar-refractivity contribution is -0.139. The van der Waals surface area contributed by atoms with Gasteiger partial charge < -0.3 is 10.2 Å². The number of carbonyl (C=O) groups excluding carboxylic acids is 2. The number of rotatable bonds is 11. The summed E-state index contributed by atoms with van der Waals surface area (Å²) in [6.45, 7) is 5.85. The molecule has 0 aliphatic heterocycles. The van der Waals surface area contributed by atoms with E-state index in [9.17, 15) is 18.0 Å². The molecule has 0 aliphatic rings. The molecule has 0 saturated carbocycles. The van der Waals surface area contributed by atoms with E-state index in [1.807, 2.05) is 44.2 Å². The number of hydrogen-bond acceptors (Lipinski definition) is 4. The van der Waals surface area contributed by atoms with Gasteiger partial charge in [-0.25, -0.2) is 8.42 Å². The van der Waals surface area contributed by atoms with E-state index in [4.69, 9.17) is 0 Å². The highest BCUT2D eigenvalue weighted by atomic mass is 79.9. The van der Waals surface area contributed by atoms with Crippen LogP contribution >= 0.6 is 15.9 Å². The van der Waals surface area contributed by atoms with Crippen molar-refractivity contribution in [3.63, 3.8) is 0 Å². The Kier molecular flexibility index (Phi) is 9.91. The summed E-state index contributed by atoms with van der Waals surface area (Å²) in [5.74, 6) is -0.728. The minimum Gasteiger partial charge on any atom is -0.354 e. The van der Waals surface area contributed by atoms with Crippen molar-refractivity contribution < 1.29 is 18.0 Å². The molecule has 0 aliphatic carbocycles. The second-order valence-corrected chi connectivity index (χ2v) is 10.9. The van der Waals surface area contributed by atoms with E-state index < -0.39 is 28.5 Å². The van der Waals surface area contributed by atoms with Crippen LogP contribution < -0.4 is 9.62 Å². The van der Waals surface area contributed by atoms with E-state index in [2.05, 4.69) is 21.2 Å². The van der Waals surface area contributed by atoms with Gasteiger partial charge in [-0.05, 0) is 55.7 Å². The van der Waals surface area contributed by atoms with Gasteiger partial charge in [0.2, 0.25) is 21.8 Å². The molecule has 0 aromatic heterocycles. The highest BCUT2D eigenvalue weighted by Crippen LogP contribution is 2.21. The SMILES string of the molecule is CCCCNC(=O)[C@@H](C)N(Cc1cccc(Br)c1)C(=O)CN(c1cccc(C)c1)S(C)(=O)=O. The first-order valence-corrected chi connectivity index (χ1v) is 13.5. The Morgan fingerprint density at radius 2 is 1.82 bits per heavy atom. The van der Waals surface area contributed by atoms with Crippen LogP contribution in [0.5, 0.6) is 0 Å². The molecule has 2 aromatic carbocycles. The Morgan fingerprint density at radius 1 is 1.12 bits per heavy atom. The van der Waals surface area contributed by atoms with Crippen LogP contribution in [0.3, 0.4) is 0 Å². The fourth-order valence-electron chi connectivity index (χ4n) is 3.35. The maximum atomic E-state index is 13.5. The third-order valence-corrected chi connectivity index (χ3v) is 6.84. The van der Waals surface area contributed by atoms with E-state index in [1.54, 1.807) is 25.1 Å². The normalized spacial score (nSPS) is 12.2. The lowest BCUT2D eigenvalue weighted by Gasteiger charge is -2.31. The van der Waals surface area contributed by atoms with Crippen LogP contribution in [-0.2, 0) is 26.2 Å². The first kappa shape index (κ1) is 26.9. The van der Waals surface area contributed by atoms with Crippen molar-refractivity contribution in [1.82, 2.24) is 10.2 Å². The largest absolute Gasteiger partial charge is 0.354 e. The lowest BCUT2D eigenvalue weighted by Crippen LogP contribution is -2.51. The Morgan fingerprint density at radius 3 is 2.42 bits per heavy atom. The average molecular weight is 539 g/mol. The van der Waals surface area contributed by atoms with E-state index in [1.165, 1.54) is 4.90 Å². The number of amides is 2. The molecular formula is C24H32BrN3O4S. The Balaban J connectivity index is 2.34. The van der Waals surface area contributed by atoms with Crippen LogP contribution in [0.1, 0.15) is 37.8 Å². The standard InChI is InChI=1S/C24H32BrN3O4S/c1-5-6-13-26-24(30)19(3)27(16-20-10-8-11-21(25)15-20)23(29)17-28(33(4,31)32)22-12-7-9-18(2)14-22/h7-12,14-15,19H,5-6,13,16-17H2,1-4H3,(H,26,30)/t19-/m1/s1. The molecule has 0 saturated heterocycles. The van der Waals surface area contributed by atoms with E-state index in [-0.39, 0.29) is 12.5 Å². The molecule has 180 valence electrons. The van der Waals surface area contributed by atoms with Crippen LogP contribution in [0.4, 0.5) is 5.69 Å². The van der Waals surface area contributed by atoms with Crippen molar-refractivity contribution in [3.05, 3.63) is 64.1 Å². The van der Waals surface area contributed by atoms with Gasteiger partial charge in [-0.3, -0.25) is 13.9 Å². The second kappa shape index (κ2) is 12.2. The molecule has 1 N–H and O–H groups in total. The Bertz CT molecular complexity index is 1070. The quantitative estimate of drug-likeness (QED) is 0.441. The smallest absolute Gasteiger partial charge is 0.244 e. The minimum absolute atomic E-state index is 0.173. The summed E-state index contributed by atoms with van der Waals surface area (Å²) in [4.78, 5) is 27.7. The van der Waals surface area contributed by atoms with Gasteiger partial charge in [-0.2, -0.15) is 0 Å². The molecule has 0 unspecified atom stereocenters. The molecule has 0 fully saturated rings. The number of hydrogen-bond donors (Lipinski definition) is 1. The molecule has 2 rings (SSSR count). The molecule has 33 heavy (non-hydrogen) atoms. The summed E-state index contributed by atoms with van der Waals surface area (Å²) in [6.07, 6.45) is 2.85. The number of benzene rings is 2. The topological polar surface area (TPSA) is 86.8 Å². The summed E-state index contributed by atoms with van der Waals surface area (Å²) in [7, 11) is -3.73. The Hall–Kier alpha value is -2.39. The van der Waals surface area contributed by atoms with Gasteiger partial charge in [0.1, 0.15) is 12.6 Å². The highest BCUT2D eigenvalue weighted by Gasteiger charge is 2.30. The number of aryl methyl sites for hydroxylation is 1. The molecule has 7 nitrogen and oxygen atoms in total. The predicted octanol–water partition coefficient (Wildman–Crippen LogP) is 3.86. The zero-order chi connectivity index (χ0) is 24.6. The summed E-state index contributed by atoms with van der Waals surface area (Å²) in [5.41, 5.74) is 2.11. The maximum Gasteiger partial charge on any atom is 0.244 e. The van der Waals surface area contributed by atoms with Crippen molar-refractivity contribution >= 4 is 43.5 Å². The summed E-state index contributed by atoms with van der Waals surface area (Å²) >= 11 is 3.43. The van der Waals surface area contributed by atoms with E-state index >= 15 is 0 Å². The first-order chi connectivity index (χ1) is 15.5. The van der Waals surface area contributed by atoms with Crippen LogP contribution in [0, 0.1) is 6.92 Å². The average Bonchev–Trinajstić information content (AvgIpc) is 2.74. The zero-order valence-corrected chi connectivity index (χ0v) is 21.9. The molecule has 9 heteroatoms. The number of nitrogens with zero attached hydrogens (tertiary/aromatic N) is 2. The van der Waals surface area contributed by atoms with Gasteiger partial charge in [0.25, 0.3) is 0 Å². The Labute approximate surface area is 205 Å². The van der Waals surface area contributed by atoms with Gasteiger partial charge in [-0.1, -0.05) is 53.5 Å². The van der Waals surface area contributed by atoms with Gasteiger partial charge in [0, 0.05) is 17.6 Å². The second-order valence-electron chi connectivity index (χ2n) is 8.08. The lowest BCUT2D eigenvalue weighted by atomic mass is 10.1. The van der Waals surface area contributed by atoms with Gasteiger partial charge in [-0.15, -0.1) is 0 Å². The van der Waals surface area contributed by atoms with Crippen molar-refractivity contribution in [2.24, 2.45) is 0 Å². The van der Waals surface area contributed by atoms with Crippen molar-refractivity contribution in [2.45, 2.75) is 46.2 Å². The fraction of sp³-hybridized carbons (Fsp3) is 0.417. The molecule has 2 amide bonds. The fourth-order valence-corrected chi connectivity index (χ4v) is 4.64. The third kappa shape index (κ3) is 8.16. The molecule has 0 bridgehead atoms. The van der Waals surface area contributed by atoms with Crippen molar-refractivity contribution in [1.29, 1.82) is 0 Å². The predicted molar refractivity (Wildman–Crippen MR) is 135 cm³/mol. The van der Waals surface area contributed by atoms with Gasteiger partial charge in [0.15, 0.2) is 0 Å². The molecule has 0 spiro atoms. The molecule has 2 aromatic rings. The molecule has 0 radical (unpaired) electrons. The van der Waals surface area contributed by atoms with E-state index in [0.29, 0.717) is 12.2 Å². The summed E-state index contributed by atoms with van der Waals surface area (Å²) in [5, 5.41) is 2.86. The van der Waals surface area contributed by atoms with Crippen molar-refractivity contribution in [3.8, 4) is 0 Å². The summed E-state index contributed by atoms with van der Waals surface area (Å²) < 4.78 is 27.0. The van der Waals surface area contributed by atoms with Crippen LogP contribution in [-0.4, -0.2) is 50.5 Å². The van der Waals surface area contributed by atoms with E-state index in [0.717, 1.165) is 39.0 Å². The van der Waals surface area contributed by atoms with Gasteiger partial charge in [0.05, 0.1) is 11.9 Å². The van der Waals surface area contributed by atoms with Crippen LogP contribution in [0.15, 0.2) is 53.0 Å². The maximum absolute atomic E-state index is 13.5. The number of anilines is 1. The highest BCUT2D eigenvalue weighted by molar-refractivity contribution is 9.10. The number of halogens is 1. The van der Waals surface area contributed by atoms with Gasteiger partial charge >= 0.3 is 0 Å². The molecule has 0 heterocycles. The van der Waals surface area contributed by atoms with Crippen LogP contribution in [0.2, 0.25) is 0 Å². The number of nitrogens with one attached hydrogen (secondary N) is 1. The van der Waals surface area contributed by atoms with Crippen LogP contribution in [0.25, 0.3) is 0 Å². The summed E-state index contributed by atoms with van der Waals surface area (Å²) in [6, 6.07) is 13.7. The number of unbranched alkanes of at least 4 members (excludes halogenated alkanes) is 1.